The summed E-state index contributed by atoms with van der Waals surface area (Å²) in [6.07, 6.45) is -0.561. The minimum atomic E-state index is -0.897. The Morgan fingerprint density at radius 1 is 0.875 bits per heavy atom. The standard InChI is InChI=1S/C24H20N2O6/c1-2-21(22(27)16-6-4-3-5-7-16)32-24(29)18-8-12-19(13-9-18)25-23(28)17-10-14-20(15-11-17)26(30)31/h3-15,21H,2H2,1H3,(H,25,28)/t21-/m0/s1. The molecule has 1 atom stereocenters. The summed E-state index contributed by atoms with van der Waals surface area (Å²) < 4.78 is 5.39. The van der Waals surface area contributed by atoms with Gasteiger partial charge in [0.2, 0.25) is 5.78 Å². The fourth-order valence-electron chi connectivity index (χ4n) is 2.94. The molecule has 0 heterocycles. The second kappa shape index (κ2) is 10.1. The zero-order valence-electron chi connectivity index (χ0n) is 17.2. The molecule has 3 aromatic carbocycles. The highest BCUT2D eigenvalue weighted by Crippen LogP contribution is 2.17. The van der Waals surface area contributed by atoms with Crippen LogP contribution < -0.4 is 5.32 Å². The Morgan fingerprint density at radius 3 is 2.03 bits per heavy atom. The van der Waals surface area contributed by atoms with Crippen LogP contribution >= 0.6 is 0 Å². The quantitative estimate of drug-likeness (QED) is 0.239. The summed E-state index contributed by atoms with van der Waals surface area (Å²) in [6, 6.07) is 19.8. The van der Waals surface area contributed by atoms with Crippen LogP contribution in [-0.4, -0.2) is 28.7 Å². The first-order valence-electron chi connectivity index (χ1n) is 9.85. The number of esters is 1. The van der Waals surface area contributed by atoms with Gasteiger partial charge in [0.05, 0.1) is 10.5 Å². The first-order chi connectivity index (χ1) is 15.4. The largest absolute Gasteiger partial charge is 0.450 e. The number of ether oxygens (including phenoxy) is 1. The highest BCUT2D eigenvalue weighted by atomic mass is 16.6. The lowest BCUT2D eigenvalue weighted by atomic mass is 10.0. The van der Waals surface area contributed by atoms with Gasteiger partial charge in [-0.3, -0.25) is 19.7 Å². The highest BCUT2D eigenvalue weighted by Gasteiger charge is 2.23. The van der Waals surface area contributed by atoms with Crippen molar-refractivity contribution in [1.29, 1.82) is 0 Å². The van der Waals surface area contributed by atoms with Crippen LogP contribution in [0.4, 0.5) is 11.4 Å². The Hall–Kier alpha value is -4.33. The van der Waals surface area contributed by atoms with Crippen LogP contribution in [0.15, 0.2) is 78.9 Å². The van der Waals surface area contributed by atoms with Crippen LogP contribution in [0.25, 0.3) is 0 Å². The smallest absolute Gasteiger partial charge is 0.338 e. The van der Waals surface area contributed by atoms with Crippen LogP contribution in [0.2, 0.25) is 0 Å². The Kier molecular flexibility index (Phi) is 7.07. The molecular weight excluding hydrogens is 412 g/mol. The fraction of sp³-hybridized carbons (Fsp3) is 0.125. The van der Waals surface area contributed by atoms with E-state index in [0.29, 0.717) is 17.7 Å². The first kappa shape index (κ1) is 22.4. The van der Waals surface area contributed by atoms with Gasteiger partial charge in [-0.25, -0.2) is 4.79 Å². The van der Waals surface area contributed by atoms with Gasteiger partial charge in [0.1, 0.15) is 0 Å². The molecule has 8 nitrogen and oxygen atoms in total. The van der Waals surface area contributed by atoms with E-state index in [1.807, 2.05) is 0 Å². The zero-order chi connectivity index (χ0) is 23.1. The minimum Gasteiger partial charge on any atom is -0.450 e. The summed E-state index contributed by atoms with van der Waals surface area (Å²) in [4.78, 5) is 47.5. The number of amides is 1. The maximum atomic E-state index is 12.5. The lowest BCUT2D eigenvalue weighted by Crippen LogP contribution is -2.26. The number of hydrogen-bond acceptors (Lipinski definition) is 6. The molecule has 3 aromatic rings. The van der Waals surface area contributed by atoms with Gasteiger partial charge in [-0.05, 0) is 42.8 Å². The van der Waals surface area contributed by atoms with Gasteiger partial charge >= 0.3 is 5.97 Å². The summed E-state index contributed by atoms with van der Waals surface area (Å²) in [5.41, 5.74) is 1.27. The molecule has 32 heavy (non-hydrogen) atoms. The van der Waals surface area contributed by atoms with Crippen LogP contribution in [0.1, 0.15) is 44.4 Å². The molecule has 0 aromatic heterocycles. The summed E-state index contributed by atoms with van der Waals surface area (Å²) >= 11 is 0. The molecular formula is C24H20N2O6. The van der Waals surface area contributed by atoms with Crippen molar-refractivity contribution in [3.63, 3.8) is 0 Å². The number of anilines is 1. The van der Waals surface area contributed by atoms with Gasteiger partial charge in [0.15, 0.2) is 6.10 Å². The summed E-state index contributed by atoms with van der Waals surface area (Å²) in [6.45, 7) is 1.76. The number of benzene rings is 3. The Bertz CT molecular complexity index is 1130. The third-order valence-electron chi connectivity index (χ3n) is 4.69. The number of Topliss-reactive ketones (excluding diaryl/α,β-unsaturated/α-hetero) is 1. The average Bonchev–Trinajstić information content (AvgIpc) is 2.83. The molecule has 1 amide bonds. The van der Waals surface area contributed by atoms with E-state index in [9.17, 15) is 24.5 Å². The van der Waals surface area contributed by atoms with Crippen LogP contribution in [0.5, 0.6) is 0 Å². The zero-order valence-corrected chi connectivity index (χ0v) is 17.2. The second-order valence-electron chi connectivity index (χ2n) is 6.87. The number of carbonyl (C=O) groups is 3. The van der Waals surface area contributed by atoms with Crippen molar-refractivity contribution in [2.75, 3.05) is 5.32 Å². The minimum absolute atomic E-state index is 0.111. The molecule has 0 unspecified atom stereocenters. The van der Waals surface area contributed by atoms with Crippen LogP contribution in [-0.2, 0) is 4.74 Å². The monoisotopic (exact) mass is 432 g/mol. The van der Waals surface area contributed by atoms with Gasteiger partial charge in [0, 0.05) is 28.9 Å². The number of hydrogen-bond donors (Lipinski definition) is 1. The number of nitro groups is 1. The third-order valence-corrected chi connectivity index (χ3v) is 4.69. The van der Waals surface area contributed by atoms with E-state index in [4.69, 9.17) is 4.74 Å². The number of nitro benzene ring substituents is 1. The predicted octanol–water partition coefficient (Wildman–Crippen LogP) is 4.67. The van der Waals surface area contributed by atoms with Gasteiger partial charge in [-0.1, -0.05) is 37.3 Å². The Morgan fingerprint density at radius 2 is 1.47 bits per heavy atom. The molecule has 162 valence electrons. The lowest BCUT2D eigenvalue weighted by Gasteiger charge is -2.15. The third kappa shape index (κ3) is 5.42. The van der Waals surface area contributed by atoms with E-state index in [2.05, 4.69) is 5.32 Å². The molecule has 8 heteroatoms. The van der Waals surface area contributed by atoms with Gasteiger partial charge in [-0.2, -0.15) is 0 Å². The molecule has 0 aliphatic carbocycles. The Labute approximate surface area is 184 Å². The van der Waals surface area contributed by atoms with Crippen LogP contribution in [0.3, 0.4) is 0 Å². The van der Waals surface area contributed by atoms with E-state index in [0.717, 1.165) is 0 Å². The molecule has 0 aliphatic rings. The van der Waals surface area contributed by atoms with Crippen LogP contribution in [0, 0.1) is 10.1 Å². The van der Waals surface area contributed by atoms with E-state index in [1.165, 1.54) is 48.5 Å². The normalized spacial score (nSPS) is 11.3. The molecule has 1 N–H and O–H groups in total. The molecule has 0 bridgehead atoms. The molecule has 0 aliphatic heterocycles. The SMILES string of the molecule is CC[C@H](OC(=O)c1ccc(NC(=O)c2ccc([N+](=O)[O-])cc2)cc1)C(=O)c1ccccc1. The summed E-state index contributed by atoms with van der Waals surface area (Å²) in [5, 5.41) is 13.4. The number of rotatable bonds is 8. The maximum Gasteiger partial charge on any atom is 0.338 e. The van der Waals surface area contributed by atoms with Crippen molar-refractivity contribution in [3.05, 3.63) is 106 Å². The summed E-state index contributed by atoms with van der Waals surface area (Å²) in [5.74, 6) is -1.36. The van der Waals surface area contributed by atoms with Gasteiger partial charge in [-0.15, -0.1) is 0 Å². The van der Waals surface area contributed by atoms with Crippen molar-refractivity contribution >= 4 is 29.0 Å². The molecule has 0 radical (unpaired) electrons. The number of nitrogens with zero attached hydrogens (tertiary/aromatic N) is 1. The average molecular weight is 432 g/mol. The van der Waals surface area contributed by atoms with E-state index < -0.39 is 22.9 Å². The predicted molar refractivity (Wildman–Crippen MR) is 118 cm³/mol. The summed E-state index contributed by atoms with van der Waals surface area (Å²) in [7, 11) is 0. The van der Waals surface area contributed by atoms with Gasteiger partial charge < -0.3 is 10.1 Å². The molecule has 0 saturated heterocycles. The van der Waals surface area contributed by atoms with E-state index in [-0.39, 0.29) is 22.6 Å². The lowest BCUT2D eigenvalue weighted by molar-refractivity contribution is -0.384. The number of ketones is 1. The highest BCUT2D eigenvalue weighted by molar-refractivity contribution is 6.05. The maximum absolute atomic E-state index is 12.5. The van der Waals surface area contributed by atoms with Crippen molar-refractivity contribution in [1.82, 2.24) is 0 Å². The van der Waals surface area contributed by atoms with E-state index >= 15 is 0 Å². The number of non-ortho nitro benzene ring substituents is 1. The second-order valence-corrected chi connectivity index (χ2v) is 6.87. The molecule has 3 rings (SSSR count). The molecule has 0 saturated carbocycles. The Balaban J connectivity index is 1.62. The van der Waals surface area contributed by atoms with Crippen molar-refractivity contribution in [3.8, 4) is 0 Å². The van der Waals surface area contributed by atoms with Gasteiger partial charge in [0.25, 0.3) is 11.6 Å². The van der Waals surface area contributed by atoms with Crippen molar-refractivity contribution in [2.24, 2.45) is 0 Å². The van der Waals surface area contributed by atoms with Crippen molar-refractivity contribution in [2.45, 2.75) is 19.4 Å². The fourth-order valence-corrected chi connectivity index (χ4v) is 2.94. The molecule has 0 spiro atoms. The molecule has 0 fully saturated rings. The first-order valence-corrected chi connectivity index (χ1v) is 9.85. The van der Waals surface area contributed by atoms with E-state index in [1.54, 1.807) is 37.3 Å². The number of carbonyl (C=O) groups excluding carboxylic acids is 3. The van der Waals surface area contributed by atoms with Crippen molar-refractivity contribution < 1.29 is 24.0 Å². The topological polar surface area (TPSA) is 116 Å². The number of nitrogens with one attached hydrogen (secondary N) is 1.